The molecule has 0 bridgehead atoms. The third kappa shape index (κ3) is 4.82. The Hall–Kier alpha value is -1.96. The molecule has 118 valence electrons. The number of rotatable bonds is 7. The summed E-state index contributed by atoms with van der Waals surface area (Å²) < 4.78 is 4.98. The van der Waals surface area contributed by atoms with Crippen LogP contribution in [-0.4, -0.2) is 77.7 Å². The van der Waals surface area contributed by atoms with Gasteiger partial charge in [-0.3, -0.25) is 14.7 Å². The van der Waals surface area contributed by atoms with Crippen LogP contribution in [0, 0.1) is 0 Å². The zero-order valence-electron chi connectivity index (χ0n) is 13.2. The van der Waals surface area contributed by atoms with Gasteiger partial charge in [-0.2, -0.15) is 0 Å². The molecule has 0 atom stereocenters. The summed E-state index contributed by atoms with van der Waals surface area (Å²) in [7, 11) is 4.83. The van der Waals surface area contributed by atoms with Crippen molar-refractivity contribution in [1.82, 2.24) is 25.0 Å². The van der Waals surface area contributed by atoms with Crippen LogP contribution in [0.1, 0.15) is 36.2 Å². The van der Waals surface area contributed by atoms with Crippen molar-refractivity contribution in [3.8, 4) is 0 Å². The highest BCUT2D eigenvalue weighted by atomic mass is 16.5. The molecule has 21 heavy (non-hydrogen) atoms. The molecule has 1 heterocycles. The predicted molar refractivity (Wildman–Crippen MR) is 76.9 cm³/mol. The maximum atomic E-state index is 12.4. The monoisotopic (exact) mass is 297 g/mol. The second kappa shape index (κ2) is 7.72. The molecule has 0 fully saturated rings. The van der Waals surface area contributed by atoms with Crippen LogP contribution in [-0.2, 0) is 9.53 Å². The molecule has 1 aromatic heterocycles. The fourth-order valence-electron chi connectivity index (χ4n) is 1.53. The summed E-state index contributed by atoms with van der Waals surface area (Å²) >= 11 is 0. The highest BCUT2D eigenvalue weighted by molar-refractivity contribution is 5.93. The minimum Gasteiger partial charge on any atom is -0.383 e. The number of carbonyl (C=O) groups excluding carboxylic acids is 2. The summed E-state index contributed by atoms with van der Waals surface area (Å²) in [5.74, 6) is 0.310. The van der Waals surface area contributed by atoms with Crippen molar-refractivity contribution in [2.75, 3.05) is 40.9 Å². The molecule has 1 aromatic rings. The van der Waals surface area contributed by atoms with Crippen LogP contribution < -0.4 is 0 Å². The van der Waals surface area contributed by atoms with Gasteiger partial charge in [-0.1, -0.05) is 13.8 Å². The lowest BCUT2D eigenvalue weighted by Crippen LogP contribution is -2.42. The van der Waals surface area contributed by atoms with E-state index in [4.69, 9.17) is 4.74 Å². The van der Waals surface area contributed by atoms with Crippen molar-refractivity contribution in [2.24, 2.45) is 0 Å². The number of likely N-dealkylation sites (N-methyl/N-ethyl adjacent to an activating group) is 1. The first-order valence-corrected chi connectivity index (χ1v) is 6.77. The Morgan fingerprint density at radius 1 is 1.33 bits per heavy atom. The third-order valence-corrected chi connectivity index (χ3v) is 2.92. The summed E-state index contributed by atoms with van der Waals surface area (Å²) in [6.45, 7) is 4.52. The van der Waals surface area contributed by atoms with Gasteiger partial charge in [0.25, 0.3) is 5.91 Å². The normalized spacial score (nSPS) is 10.8. The van der Waals surface area contributed by atoms with Gasteiger partial charge in [-0.25, -0.2) is 4.98 Å². The molecular weight excluding hydrogens is 274 g/mol. The van der Waals surface area contributed by atoms with E-state index < -0.39 is 0 Å². The van der Waals surface area contributed by atoms with Crippen LogP contribution in [0.2, 0.25) is 0 Å². The Kier molecular flexibility index (Phi) is 6.29. The number of nitrogens with zero attached hydrogens (tertiary/aromatic N) is 4. The molecule has 1 rings (SSSR count). The second-order valence-electron chi connectivity index (χ2n) is 5.21. The number of hydrogen-bond donors (Lipinski definition) is 1. The number of hydrogen-bond acceptors (Lipinski definition) is 5. The van der Waals surface area contributed by atoms with Crippen LogP contribution in [0.15, 0.2) is 0 Å². The number of methoxy groups -OCH3 is 1. The quantitative estimate of drug-likeness (QED) is 0.771. The van der Waals surface area contributed by atoms with Gasteiger partial charge in [-0.15, -0.1) is 5.10 Å². The lowest BCUT2D eigenvalue weighted by Gasteiger charge is -2.22. The highest BCUT2D eigenvalue weighted by Gasteiger charge is 2.23. The van der Waals surface area contributed by atoms with E-state index in [2.05, 4.69) is 15.2 Å². The molecule has 0 radical (unpaired) electrons. The SMILES string of the molecule is COCCN(CC(=O)N(C)C)C(=O)c1n[nH]c(C(C)C)n1. The van der Waals surface area contributed by atoms with Gasteiger partial charge in [0.2, 0.25) is 11.7 Å². The number of ether oxygens (including phenoxy) is 1. The minimum atomic E-state index is -0.384. The third-order valence-electron chi connectivity index (χ3n) is 2.92. The van der Waals surface area contributed by atoms with Gasteiger partial charge in [0.15, 0.2) is 0 Å². The number of carbonyl (C=O) groups is 2. The van der Waals surface area contributed by atoms with E-state index in [-0.39, 0.29) is 30.1 Å². The second-order valence-corrected chi connectivity index (χ2v) is 5.21. The highest BCUT2D eigenvalue weighted by Crippen LogP contribution is 2.09. The maximum absolute atomic E-state index is 12.4. The zero-order valence-corrected chi connectivity index (χ0v) is 13.2. The number of nitrogens with one attached hydrogen (secondary N) is 1. The fourth-order valence-corrected chi connectivity index (χ4v) is 1.53. The largest absolute Gasteiger partial charge is 0.383 e. The van der Waals surface area contributed by atoms with E-state index in [0.29, 0.717) is 19.0 Å². The van der Waals surface area contributed by atoms with Gasteiger partial charge in [0.1, 0.15) is 12.4 Å². The molecule has 0 saturated heterocycles. The average molecular weight is 297 g/mol. The summed E-state index contributed by atoms with van der Waals surface area (Å²) in [5.41, 5.74) is 0. The van der Waals surface area contributed by atoms with Gasteiger partial charge in [-0.05, 0) is 0 Å². The standard InChI is InChI=1S/C13H23N5O3/c1-9(2)11-14-12(16-15-11)13(20)18(6-7-21-5)8-10(19)17(3)4/h9H,6-8H2,1-5H3,(H,14,15,16). The van der Waals surface area contributed by atoms with Gasteiger partial charge in [0.05, 0.1) is 6.61 Å². The number of aromatic nitrogens is 3. The average Bonchev–Trinajstić information content (AvgIpc) is 2.92. The van der Waals surface area contributed by atoms with Crippen LogP contribution >= 0.6 is 0 Å². The fraction of sp³-hybridized carbons (Fsp3) is 0.692. The first-order chi connectivity index (χ1) is 9.86. The Balaban J connectivity index is 2.84. The Morgan fingerprint density at radius 3 is 2.48 bits per heavy atom. The van der Waals surface area contributed by atoms with Crippen molar-refractivity contribution in [3.63, 3.8) is 0 Å². The molecule has 0 aliphatic rings. The van der Waals surface area contributed by atoms with Gasteiger partial charge >= 0.3 is 0 Å². The van der Waals surface area contributed by atoms with Crippen LogP contribution in [0.3, 0.4) is 0 Å². The first kappa shape index (κ1) is 17.1. The molecule has 0 aliphatic carbocycles. The number of H-pyrrole nitrogens is 1. The van der Waals surface area contributed by atoms with E-state index in [1.165, 1.54) is 9.80 Å². The van der Waals surface area contributed by atoms with Crippen LogP contribution in [0.25, 0.3) is 0 Å². The molecule has 0 unspecified atom stereocenters. The van der Waals surface area contributed by atoms with Crippen molar-refractivity contribution >= 4 is 11.8 Å². The Morgan fingerprint density at radius 2 is 2.00 bits per heavy atom. The van der Waals surface area contributed by atoms with Crippen LogP contribution in [0.4, 0.5) is 0 Å². The van der Waals surface area contributed by atoms with Crippen molar-refractivity contribution in [1.29, 1.82) is 0 Å². The topological polar surface area (TPSA) is 91.4 Å². The molecular formula is C13H23N5O3. The molecule has 8 nitrogen and oxygen atoms in total. The predicted octanol–water partition coefficient (Wildman–Crippen LogP) is 0.105. The molecule has 0 aromatic carbocycles. The molecule has 2 amide bonds. The van der Waals surface area contributed by atoms with E-state index in [9.17, 15) is 9.59 Å². The van der Waals surface area contributed by atoms with Crippen molar-refractivity contribution in [2.45, 2.75) is 19.8 Å². The lowest BCUT2D eigenvalue weighted by molar-refractivity contribution is -0.129. The summed E-state index contributed by atoms with van der Waals surface area (Å²) in [6.07, 6.45) is 0. The first-order valence-electron chi connectivity index (χ1n) is 6.77. The lowest BCUT2D eigenvalue weighted by atomic mass is 10.2. The Bertz CT molecular complexity index is 484. The Labute approximate surface area is 124 Å². The molecule has 0 aliphatic heterocycles. The van der Waals surface area contributed by atoms with E-state index in [0.717, 1.165) is 0 Å². The van der Waals surface area contributed by atoms with Gasteiger partial charge in [0, 0.05) is 33.7 Å². The summed E-state index contributed by atoms with van der Waals surface area (Å²) in [4.78, 5) is 31.2. The smallest absolute Gasteiger partial charge is 0.294 e. The molecule has 8 heteroatoms. The molecule has 0 spiro atoms. The van der Waals surface area contributed by atoms with E-state index in [1.54, 1.807) is 21.2 Å². The van der Waals surface area contributed by atoms with E-state index in [1.807, 2.05) is 13.8 Å². The number of aromatic amines is 1. The maximum Gasteiger partial charge on any atom is 0.294 e. The van der Waals surface area contributed by atoms with E-state index >= 15 is 0 Å². The molecule has 0 saturated carbocycles. The van der Waals surface area contributed by atoms with Crippen molar-refractivity contribution in [3.05, 3.63) is 11.6 Å². The zero-order chi connectivity index (χ0) is 16.0. The number of amides is 2. The summed E-state index contributed by atoms with van der Waals surface area (Å²) in [6, 6.07) is 0. The molecule has 1 N–H and O–H groups in total. The van der Waals surface area contributed by atoms with Crippen LogP contribution in [0.5, 0.6) is 0 Å². The van der Waals surface area contributed by atoms with Crippen molar-refractivity contribution < 1.29 is 14.3 Å². The minimum absolute atomic E-state index is 0.0270. The summed E-state index contributed by atoms with van der Waals surface area (Å²) in [5, 5.41) is 6.66. The van der Waals surface area contributed by atoms with Gasteiger partial charge < -0.3 is 14.5 Å².